The molecule has 0 aromatic carbocycles. The van der Waals surface area contributed by atoms with Gasteiger partial charge >= 0.3 is 0 Å². The number of imidazole rings is 1. The average molecular weight is 143 g/mol. The summed E-state index contributed by atoms with van der Waals surface area (Å²) in [4.78, 5) is 10.9. The monoisotopic (exact) mass is 143 g/mol. The van der Waals surface area contributed by atoms with Crippen LogP contribution in [0.25, 0.3) is 11.2 Å². The molecule has 11 heavy (non-hydrogen) atoms. The smallest absolute Gasteiger partial charge is 0.157 e. The van der Waals surface area contributed by atoms with Crippen LogP contribution in [-0.4, -0.2) is 15.0 Å². The number of aromatic amines is 1. The van der Waals surface area contributed by atoms with E-state index in [1.165, 1.54) is 0 Å². The van der Waals surface area contributed by atoms with E-state index in [2.05, 4.69) is 20.9 Å². The fourth-order valence-corrected chi connectivity index (χ4v) is 0.905. The van der Waals surface area contributed by atoms with Gasteiger partial charge in [-0.05, 0) is 6.07 Å². The fraction of sp³-hybridized carbons (Fsp3) is 0. The first-order valence-electron chi connectivity index (χ1n) is 3.16. The number of hydrogen-bond acceptors (Lipinski definition) is 2. The van der Waals surface area contributed by atoms with Crippen LogP contribution < -0.4 is 0 Å². The molecular weight excluding hydrogens is 138 g/mol. The van der Waals surface area contributed by atoms with E-state index in [4.69, 9.17) is 6.42 Å². The van der Waals surface area contributed by atoms with Gasteiger partial charge in [0.2, 0.25) is 0 Å². The molecule has 3 nitrogen and oxygen atoms in total. The zero-order valence-corrected chi connectivity index (χ0v) is 5.70. The second-order valence-corrected chi connectivity index (χ2v) is 2.14. The average Bonchev–Trinajstić information content (AvgIpc) is 2.50. The normalized spacial score (nSPS) is 9.73. The van der Waals surface area contributed by atoms with Crippen LogP contribution >= 0.6 is 0 Å². The molecule has 0 radical (unpaired) electrons. The van der Waals surface area contributed by atoms with E-state index < -0.39 is 0 Å². The second-order valence-electron chi connectivity index (χ2n) is 2.14. The van der Waals surface area contributed by atoms with Crippen molar-refractivity contribution < 1.29 is 0 Å². The van der Waals surface area contributed by atoms with Gasteiger partial charge in [-0.2, -0.15) is 0 Å². The highest BCUT2D eigenvalue weighted by Crippen LogP contribution is 2.06. The lowest BCUT2D eigenvalue weighted by molar-refractivity contribution is 1.30. The van der Waals surface area contributed by atoms with Gasteiger partial charge in [0.15, 0.2) is 5.65 Å². The Kier molecular flexibility index (Phi) is 1.13. The zero-order valence-electron chi connectivity index (χ0n) is 5.70. The minimum absolute atomic E-state index is 0.754. The van der Waals surface area contributed by atoms with E-state index in [0.29, 0.717) is 0 Å². The Hall–Kier alpha value is -1.82. The fourth-order valence-electron chi connectivity index (χ4n) is 0.905. The predicted molar refractivity (Wildman–Crippen MR) is 41.8 cm³/mol. The van der Waals surface area contributed by atoms with Gasteiger partial charge in [-0.15, -0.1) is 6.42 Å². The highest BCUT2D eigenvalue weighted by molar-refractivity contribution is 5.71. The Morgan fingerprint density at radius 2 is 2.36 bits per heavy atom. The molecule has 52 valence electrons. The van der Waals surface area contributed by atoms with Crippen LogP contribution in [0.15, 0.2) is 18.6 Å². The molecule has 0 spiro atoms. The lowest BCUT2D eigenvalue weighted by atomic mass is 10.3. The van der Waals surface area contributed by atoms with Crippen molar-refractivity contribution >= 4 is 11.2 Å². The molecule has 2 heterocycles. The topological polar surface area (TPSA) is 41.6 Å². The maximum Gasteiger partial charge on any atom is 0.157 e. The first-order valence-corrected chi connectivity index (χ1v) is 3.16. The quantitative estimate of drug-likeness (QED) is 0.557. The van der Waals surface area contributed by atoms with Crippen LogP contribution in [0.4, 0.5) is 0 Å². The largest absolute Gasteiger partial charge is 0.329 e. The van der Waals surface area contributed by atoms with Crippen molar-refractivity contribution in [2.24, 2.45) is 0 Å². The molecule has 2 aromatic rings. The molecule has 0 saturated carbocycles. The third-order valence-electron chi connectivity index (χ3n) is 1.44. The summed E-state index contributed by atoms with van der Waals surface area (Å²) in [6.07, 6.45) is 8.42. The first-order chi connectivity index (χ1) is 5.40. The molecule has 1 N–H and O–H groups in total. The highest BCUT2D eigenvalue weighted by Gasteiger charge is 1.95. The summed E-state index contributed by atoms with van der Waals surface area (Å²) in [5.74, 6) is 2.49. The molecule has 0 aliphatic rings. The van der Waals surface area contributed by atoms with Gasteiger partial charge < -0.3 is 4.98 Å². The summed E-state index contributed by atoms with van der Waals surface area (Å²) in [6, 6.07) is 1.82. The number of aromatic nitrogens is 3. The van der Waals surface area contributed by atoms with Crippen molar-refractivity contribution in [2.45, 2.75) is 0 Å². The lowest BCUT2D eigenvalue weighted by Gasteiger charge is -1.87. The number of pyridine rings is 1. The highest BCUT2D eigenvalue weighted by atomic mass is 14.9. The predicted octanol–water partition coefficient (Wildman–Crippen LogP) is 0.939. The Balaban J connectivity index is 2.79. The second kappa shape index (κ2) is 2.10. The van der Waals surface area contributed by atoms with Gasteiger partial charge in [-0.1, -0.05) is 5.92 Å². The molecule has 0 saturated heterocycles. The Morgan fingerprint density at radius 1 is 1.45 bits per heavy atom. The van der Waals surface area contributed by atoms with Gasteiger partial charge in [0.1, 0.15) is 5.52 Å². The summed E-state index contributed by atoms with van der Waals surface area (Å²) in [5.41, 5.74) is 2.33. The van der Waals surface area contributed by atoms with Crippen LogP contribution in [0.3, 0.4) is 0 Å². The number of H-pyrrole nitrogens is 1. The van der Waals surface area contributed by atoms with E-state index in [-0.39, 0.29) is 0 Å². The minimum atomic E-state index is 0.754. The van der Waals surface area contributed by atoms with Crippen molar-refractivity contribution in [3.8, 4) is 12.3 Å². The summed E-state index contributed by atoms with van der Waals surface area (Å²) in [7, 11) is 0. The van der Waals surface area contributed by atoms with Gasteiger partial charge in [0, 0.05) is 11.8 Å². The molecule has 0 bridgehead atoms. The zero-order chi connectivity index (χ0) is 7.68. The third-order valence-corrected chi connectivity index (χ3v) is 1.44. The van der Waals surface area contributed by atoms with Gasteiger partial charge in [0.25, 0.3) is 0 Å². The van der Waals surface area contributed by atoms with Crippen molar-refractivity contribution in [3.63, 3.8) is 0 Å². The maximum absolute atomic E-state index is 5.18. The molecule has 0 fully saturated rings. The summed E-state index contributed by atoms with van der Waals surface area (Å²) < 4.78 is 0. The first kappa shape index (κ1) is 5.93. The van der Waals surface area contributed by atoms with Crippen molar-refractivity contribution in [2.75, 3.05) is 0 Å². The van der Waals surface area contributed by atoms with Crippen molar-refractivity contribution in [3.05, 3.63) is 24.2 Å². The summed E-state index contributed by atoms with van der Waals surface area (Å²) in [5, 5.41) is 0. The number of terminal acetylenes is 1. The van der Waals surface area contributed by atoms with Gasteiger partial charge in [-0.25, -0.2) is 9.97 Å². The maximum atomic E-state index is 5.18. The van der Waals surface area contributed by atoms with E-state index in [0.717, 1.165) is 16.7 Å². The molecule has 0 aliphatic heterocycles. The minimum Gasteiger partial charge on any atom is -0.329 e. The van der Waals surface area contributed by atoms with Crippen LogP contribution in [0.1, 0.15) is 5.56 Å². The lowest BCUT2D eigenvalue weighted by Crippen LogP contribution is -1.79. The van der Waals surface area contributed by atoms with Gasteiger partial charge in [0.05, 0.1) is 6.33 Å². The number of nitrogens with zero attached hydrogens (tertiary/aromatic N) is 2. The standard InChI is InChI=1S/C8H5N3/c1-2-6-3-7-8(9-4-6)11-5-10-7/h1,3-5H,(H,9,10,11). The van der Waals surface area contributed by atoms with Gasteiger partial charge in [-0.3, -0.25) is 0 Å². The summed E-state index contributed by atoms with van der Waals surface area (Å²) in [6.45, 7) is 0. The molecule has 3 heteroatoms. The molecular formula is C8H5N3. The van der Waals surface area contributed by atoms with E-state index >= 15 is 0 Å². The van der Waals surface area contributed by atoms with E-state index in [9.17, 15) is 0 Å². The van der Waals surface area contributed by atoms with E-state index in [1.54, 1.807) is 12.5 Å². The van der Waals surface area contributed by atoms with Crippen LogP contribution in [0, 0.1) is 12.3 Å². The molecule has 0 unspecified atom stereocenters. The summed E-state index contributed by atoms with van der Waals surface area (Å²) >= 11 is 0. The number of fused-ring (bicyclic) bond motifs is 1. The SMILES string of the molecule is C#Cc1cnc2[nH]cnc2c1. The van der Waals surface area contributed by atoms with Crippen LogP contribution in [0.2, 0.25) is 0 Å². The van der Waals surface area contributed by atoms with E-state index in [1.807, 2.05) is 6.07 Å². The molecule has 0 aliphatic carbocycles. The molecule has 2 rings (SSSR count). The molecule has 0 atom stereocenters. The Labute approximate surface area is 63.5 Å². The van der Waals surface area contributed by atoms with Crippen molar-refractivity contribution in [1.82, 2.24) is 15.0 Å². The van der Waals surface area contributed by atoms with Crippen LogP contribution in [0.5, 0.6) is 0 Å². The Morgan fingerprint density at radius 3 is 3.18 bits per heavy atom. The number of hydrogen-bond donors (Lipinski definition) is 1. The molecule has 0 amide bonds. The molecule has 2 aromatic heterocycles. The number of rotatable bonds is 0. The van der Waals surface area contributed by atoms with Crippen LogP contribution in [-0.2, 0) is 0 Å². The third kappa shape index (κ3) is 0.849. The number of nitrogens with one attached hydrogen (secondary N) is 1. The Bertz CT molecular complexity index is 422. The van der Waals surface area contributed by atoms with Crippen molar-refractivity contribution in [1.29, 1.82) is 0 Å².